The van der Waals surface area contributed by atoms with Gasteiger partial charge >= 0.3 is 0 Å². The molecule has 0 saturated heterocycles. The highest BCUT2D eigenvalue weighted by molar-refractivity contribution is 8.77. The number of rotatable bonds is 23. The van der Waals surface area contributed by atoms with Crippen LogP contribution in [-0.4, -0.2) is 103 Å². The van der Waals surface area contributed by atoms with Crippen LogP contribution in [0.2, 0.25) is 0 Å². The Morgan fingerprint density at radius 3 is 2.15 bits per heavy atom. The predicted molar refractivity (Wildman–Crippen MR) is 314 cm³/mol. The van der Waals surface area contributed by atoms with Gasteiger partial charge in [-0.3, -0.25) is 47.7 Å². The van der Waals surface area contributed by atoms with Crippen molar-refractivity contribution < 1.29 is 55.6 Å². The molecule has 5 heterocycles. The van der Waals surface area contributed by atoms with E-state index in [2.05, 4.69) is 11.4 Å². The Labute approximate surface area is 479 Å². The first-order valence-corrected chi connectivity index (χ1v) is 30.8. The molecule has 20 heteroatoms. The molecule has 5 aliphatic heterocycles. The number of hydrogen-bond acceptors (Lipinski definition) is 15. The van der Waals surface area contributed by atoms with Crippen LogP contribution in [0, 0.1) is 6.92 Å². The number of carbonyl (C=O) groups excluding carboxylic acids is 6. The second-order valence-electron chi connectivity index (χ2n) is 21.3. The van der Waals surface area contributed by atoms with Gasteiger partial charge in [0.15, 0.2) is 17.3 Å². The van der Waals surface area contributed by atoms with Gasteiger partial charge < -0.3 is 24.4 Å². The number of para-hydroxylation sites is 2. The Hall–Kier alpha value is -7.26. The van der Waals surface area contributed by atoms with Crippen LogP contribution in [0.5, 0.6) is 17.2 Å². The van der Waals surface area contributed by atoms with Gasteiger partial charge in [-0.25, -0.2) is 0 Å². The first kappa shape index (κ1) is 57.0. The van der Waals surface area contributed by atoms with Gasteiger partial charge in [-0.05, 0) is 141 Å². The third-order valence-electron chi connectivity index (χ3n) is 15.3. The Bertz CT molecular complexity index is 3510. The van der Waals surface area contributed by atoms with Crippen LogP contribution in [0.4, 0.5) is 22.7 Å². The summed E-state index contributed by atoms with van der Waals surface area (Å²) in [5, 5.41) is 1.67. The van der Waals surface area contributed by atoms with Crippen molar-refractivity contribution in [3.63, 3.8) is 0 Å². The molecule has 0 saturated carbocycles. The molecular weight excluding hydrogens is 1090 g/mol. The molecule has 5 aromatic carbocycles. The van der Waals surface area contributed by atoms with Crippen molar-refractivity contribution in [2.24, 2.45) is 4.99 Å². The first-order chi connectivity index (χ1) is 38.9. The molecule has 81 heavy (non-hydrogen) atoms. The minimum absolute atomic E-state index is 0.00273. The van der Waals surface area contributed by atoms with E-state index < -0.39 is 37.7 Å². The summed E-state index contributed by atoms with van der Waals surface area (Å²) in [6.07, 6.45) is 7.63. The number of nitrogens with zero attached hydrogens (tertiary/aromatic N) is 4. The van der Waals surface area contributed by atoms with E-state index in [1.165, 1.54) is 21.6 Å². The van der Waals surface area contributed by atoms with Gasteiger partial charge in [0.2, 0.25) is 5.91 Å². The monoisotopic (exact) mass is 1150 g/mol. The highest BCUT2D eigenvalue weighted by Crippen LogP contribution is 2.43. The van der Waals surface area contributed by atoms with Crippen LogP contribution >= 0.6 is 21.6 Å². The number of aliphatic imine (C=N–C) groups is 1. The Kier molecular flexibility index (Phi) is 16.9. The average Bonchev–Trinajstić information content (AvgIpc) is 4.16. The average molecular weight is 1150 g/mol. The van der Waals surface area contributed by atoms with Crippen LogP contribution in [0.3, 0.4) is 0 Å². The highest BCUT2D eigenvalue weighted by Gasteiger charge is 2.39. The summed E-state index contributed by atoms with van der Waals surface area (Å²) in [6, 6.07) is 28.7. The molecule has 1 N–H and O–H groups in total. The van der Waals surface area contributed by atoms with Crippen molar-refractivity contribution in [1.82, 2.24) is 4.90 Å². The quantitative estimate of drug-likeness (QED) is 0.0280. The zero-order chi connectivity index (χ0) is 57.2. The second kappa shape index (κ2) is 24.1. The number of aryl methyl sites for hydroxylation is 2. The van der Waals surface area contributed by atoms with E-state index in [1.54, 1.807) is 19.2 Å². The summed E-state index contributed by atoms with van der Waals surface area (Å²) in [5.41, 5.74) is 9.26. The molecule has 3 atom stereocenters. The molecule has 5 amide bonds. The summed E-state index contributed by atoms with van der Waals surface area (Å²) in [4.78, 5) is 88.6. The standard InChI is InChI=1S/C61H63N5O12S3/c1-37-25-47-48(62-34-45-30-42-12-7-9-14-50(42)66(45)60(47)72)33-52(37)77-35-38-26-39(36-78-54-31-40-16-17-44-29-41-11-6-8-13-49(41)65(44)59(71)46(40)32-53(54)75-4)28-43(27-38)63-56(68)20-22-61(2,3)80-79-24-21-55(81(73,74)76-5)51(67)15-10-23-64-57(69)18-19-58(64)70/h6-9,11-14,18-19,25-28,31-34,44-45,55H,10,15-17,20-24,29-30,35-36H2,1-5H3,(H,63,68)/t44-,45+,55?/m1/s1. The van der Waals surface area contributed by atoms with Gasteiger partial charge in [0.25, 0.3) is 33.7 Å². The molecule has 0 aromatic heterocycles. The molecule has 0 radical (unpaired) electrons. The lowest BCUT2D eigenvalue weighted by Crippen LogP contribution is -2.37. The lowest BCUT2D eigenvalue weighted by Gasteiger charge is -2.23. The number of amides is 5. The number of nitrogens with one attached hydrogen (secondary N) is 1. The summed E-state index contributed by atoms with van der Waals surface area (Å²) in [6.45, 7) is 6.03. The number of ether oxygens (including phenoxy) is 3. The summed E-state index contributed by atoms with van der Waals surface area (Å²) in [5.74, 6) is -0.208. The van der Waals surface area contributed by atoms with E-state index >= 15 is 0 Å². The number of hydrogen-bond donors (Lipinski definition) is 1. The molecule has 5 aliphatic rings. The van der Waals surface area contributed by atoms with Crippen molar-refractivity contribution in [1.29, 1.82) is 0 Å². The minimum Gasteiger partial charge on any atom is -0.493 e. The zero-order valence-corrected chi connectivity index (χ0v) is 48.2. The molecule has 1 unspecified atom stereocenters. The number of methoxy groups -OCH3 is 1. The van der Waals surface area contributed by atoms with Crippen LogP contribution in [0.15, 0.2) is 108 Å². The second-order valence-corrected chi connectivity index (χ2v) is 26.4. The molecule has 422 valence electrons. The smallest absolute Gasteiger partial charge is 0.277 e. The fourth-order valence-electron chi connectivity index (χ4n) is 11.1. The molecule has 5 aromatic rings. The van der Waals surface area contributed by atoms with Crippen LogP contribution < -0.4 is 29.3 Å². The Morgan fingerprint density at radius 2 is 1.44 bits per heavy atom. The molecule has 0 spiro atoms. The van der Waals surface area contributed by atoms with Crippen molar-refractivity contribution in [2.45, 2.75) is 114 Å². The van der Waals surface area contributed by atoms with E-state index in [1.807, 2.05) is 110 Å². The first-order valence-electron chi connectivity index (χ1n) is 27.0. The van der Waals surface area contributed by atoms with Gasteiger partial charge in [-0.2, -0.15) is 8.42 Å². The Morgan fingerprint density at radius 1 is 0.778 bits per heavy atom. The normalized spacial score (nSPS) is 17.4. The molecule has 0 bridgehead atoms. The number of ketones is 1. The van der Waals surface area contributed by atoms with Gasteiger partial charge in [0.05, 0.1) is 31.5 Å². The Balaban J connectivity index is 0.814. The lowest BCUT2D eigenvalue weighted by molar-refractivity contribution is -0.137. The number of imide groups is 1. The van der Waals surface area contributed by atoms with Crippen LogP contribution in [0.25, 0.3) is 0 Å². The zero-order valence-electron chi connectivity index (χ0n) is 45.7. The molecule has 17 nitrogen and oxygen atoms in total. The third-order valence-corrected chi connectivity index (χ3v) is 20.3. The van der Waals surface area contributed by atoms with E-state index in [9.17, 15) is 37.2 Å². The SMILES string of the molecule is COc1cc2c(cc1OCc1cc(COc3cc4c(cc3C)C(=O)N3c5ccccc5C[C@H]3C=N4)cc(NC(=O)CCC(C)(C)SSCCC(C(=O)CCCN3C(=O)C=CC3=O)S(=O)(=O)OC)c1)CC[C@@H]1Cc3ccccc3N1C2=O. The highest BCUT2D eigenvalue weighted by atomic mass is 33.1. The van der Waals surface area contributed by atoms with Crippen LogP contribution in [-0.2, 0) is 66.0 Å². The predicted octanol–water partition coefficient (Wildman–Crippen LogP) is 9.85. The van der Waals surface area contributed by atoms with E-state index in [-0.39, 0.29) is 75.2 Å². The third kappa shape index (κ3) is 12.5. The van der Waals surface area contributed by atoms with Gasteiger partial charge in [-0.15, -0.1) is 0 Å². The number of benzene rings is 5. The minimum atomic E-state index is -4.21. The van der Waals surface area contributed by atoms with Crippen molar-refractivity contribution in [3.05, 3.63) is 148 Å². The van der Waals surface area contributed by atoms with Crippen molar-refractivity contribution in [2.75, 3.05) is 41.6 Å². The molecular formula is C61H63N5O12S3. The van der Waals surface area contributed by atoms with Gasteiger partial charge in [0, 0.05) is 89.4 Å². The van der Waals surface area contributed by atoms with E-state index in [0.717, 1.165) is 81.8 Å². The number of anilines is 3. The summed E-state index contributed by atoms with van der Waals surface area (Å²) in [7, 11) is 1.22. The maximum Gasteiger partial charge on any atom is 0.277 e. The summed E-state index contributed by atoms with van der Waals surface area (Å²) >= 11 is 0. The van der Waals surface area contributed by atoms with Crippen molar-refractivity contribution >= 4 is 96.0 Å². The summed E-state index contributed by atoms with van der Waals surface area (Å²) < 4.78 is 48.9. The van der Waals surface area contributed by atoms with E-state index in [4.69, 9.17) is 23.4 Å². The fraction of sp³-hybridized carbons (Fsp3) is 0.361. The van der Waals surface area contributed by atoms with Gasteiger partial charge in [0.1, 0.15) is 24.2 Å². The van der Waals surface area contributed by atoms with Crippen molar-refractivity contribution in [3.8, 4) is 17.2 Å². The van der Waals surface area contributed by atoms with Gasteiger partial charge in [-0.1, -0.05) is 58.0 Å². The number of Topliss-reactive ketones (excluding diaryl/α,β-unsaturated/α-hetero) is 1. The number of carbonyl (C=O) groups is 6. The molecule has 0 fully saturated rings. The fourth-order valence-corrected chi connectivity index (χ4v) is 15.0. The molecule has 0 aliphatic carbocycles. The van der Waals surface area contributed by atoms with Crippen LogP contribution in [0.1, 0.15) is 106 Å². The maximum absolute atomic E-state index is 14.2. The lowest BCUT2D eigenvalue weighted by atomic mass is 9.99. The topological polar surface area (TPSA) is 208 Å². The largest absolute Gasteiger partial charge is 0.493 e. The molecule has 10 rings (SSSR count). The maximum atomic E-state index is 14.2. The number of fused-ring (bicyclic) bond motifs is 8. The van der Waals surface area contributed by atoms with E-state index in [0.29, 0.717) is 64.8 Å².